The quantitative estimate of drug-likeness (QED) is 0.215. The van der Waals surface area contributed by atoms with Crippen molar-refractivity contribution in [2.45, 2.75) is 192 Å². The first-order valence-corrected chi connectivity index (χ1v) is 35.3. The number of fused-ring (bicyclic) bond motifs is 1. The molecule has 3 N–H and O–H groups in total. The van der Waals surface area contributed by atoms with Crippen LogP contribution in [0.25, 0.3) is 0 Å². The minimum absolute atomic E-state index is 0.0615. The number of likely N-dealkylation sites (N-methyl/N-ethyl adjacent to an activating group) is 8. The maximum absolute atomic E-state index is 15.6. The average molecular weight is 1460 g/mol. The fourth-order valence-corrected chi connectivity index (χ4v) is 13.7. The third-order valence-electron chi connectivity index (χ3n) is 21.0. The van der Waals surface area contributed by atoms with Gasteiger partial charge in [-0.15, -0.1) is 0 Å². The summed E-state index contributed by atoms with van der Waals surface area (Å²) in [6.45, 7) is 11.2. The van der Waals surface area contributed by atoms with E-state index in [1.54, 1.807) is 52.0 Å². The van der Waals surface area contributed by atoms with Crippen LogP contribution in [0, 0.1) is 30.1 Å². The lowest BCUT2D eigenvalue weighted by Gasteiger charge is -2.45. The van der Waals surface area contributed by atoms with Gasteiger partial charge in [-0.3, -0.25) is 57.5 Å². The predicted molar refractivity (Wildman–Crippen MR) is 378 cm³/mol. The predicted octanol–water partition coefficient (Wildman–Crippen LogP) is 5.00. The van der Waals surface area contributed by atoms with Crippen LogP contribution in [0.3, 0.4) is 0 Å². The zero-order valence-electron chi connectivity index (χ0n) is 62.0. The van der Waals surface area contributed by atoms with E-state index in [-0.39, 0.29) is 62.6 Å². The number of hydrogen-bond donors (Lipinski definition) is 3. The largest absolute Gasteiger partial charge is 0.417 e. The Hall–Kier alpha value is -9.13. The molecule has 3 aromatic carbocycles. The molecule has 25 nitrogen and oxygen atoms in total. The van der Waals surface area contributed by atoms with Crippen LogP contribution in [0.2, 0.25) is 5.02 Å². The first kappa shape index (κ1) is 82.8. The molecule has 3 aliphatic rings. The van der Waals surface area contributed by atoms with Gasteiger partial charge in [-0.2, -0.15) is 18.4 Å². The molecular formula is C74H101ClF3N13O12. The summed E-state index contributed by atoms with van der Waals surface area (Å²) in [7, 11) is 12.3. The second-order valence-corrected chi connectivity index (χ2v) is 28.6. The van der Waals surface area contributed by atoms with Crippen molar-refractivity contribution in [2.75, 3.05) is 76.5 Å². The first-order chi connectivity index (χ1) is 48.2. The van der Waals surface area contributed by atoms with Gasteiger partial charge in [0.25, 0.3) is 0 Å². The Balaban J connectivity index is 1.49. The van der Waals surface area contributed by atoms with Gasteiger partial charge in [-0.05, 0) is 106 Å². The van der Waals surface area contributed by atoms with Crippen LogP contribution in [-0.2, 0) is 83.0 Å². The highest BCUT2D eigenvalue weighted by atomic mass is 35.5. The van der Waals surface area contributed by atoms with E-state index in [2.05, 4.69) is 16.0 Å². The van der Waals surface area contributed by atoms with Gasteiger partial charge >= 0.3 is 6.18 Å². The van der Waals surface area contributed by atoms with Crippen molar-refractivity contribution in [1.29, 1.82) is 5.26 Å². The molecule has 11 atom stereocenters. The van der Waals surface area contributed by atoms with Crippen LogP contribution in [0.4, 0.5) is 13.2 Å². The lowest BCUT2D eigenvalue weighted by atomic mass is 9.90. The van der Waals surface area contributed by atoms with E-state index < -0.39 is 172 Å². The monoisotopic (exact) mass is 1460 g/mol. The fourth-order valence-electron chi connectivity index (χ4n) is 13.4. The summed E-state index contributed by atoms with van der Waals surface area (Å²) in [6.07, 6.45) is -4.46. The number of halogens is 4. The molecule has 1 saturated carbocycles. The molecule has 2 heterocycles. The molecule has 29 heteroatoms. The van der Waals surface area contributed by atoms with Crippen LogP contribution in [0.5, 0.6) is 0 Å². The third kappa shape index (κ3) is 19.6. The molecule has 6 rings (SSSR count). The van der Waals surface area contributed by atoms with Gasteiger partial charge in [0.15, 0.2) is 0 Å². The molecule has 0 aromatic heterocycles. The highest BCUT2D eigenvalue weighted by Crippen LogP contribution is 2.37. The molecule has 2 saturated heterocycles. The zero-order chi connectivity index (χ0) is 77.0. The Labute approximate surface area is 607 Å². The topological polar surface area (TPSA) is 294 Å². The van der Waals surface area contributed by atoms with Gasteiger partial charge in [-0.25, -0.2) is 0 Å². The Kier molecular flexibility index (Phi) is 28.4. The molecule has 103 heavy (non-hydrogen) atoms. The highest BCUT2D eigenvalue weighted by Gasteiger charge is 2.51. The Bertz CT molecular complexity index is 3680. The van der Waals surface area contributed by atoms with Crippen molar-refractivity contribution in [3.8, 4) is 6.07 Å². The molecule has 3 aromatic rings. The first-order valence-electron chi connectivity index (χ1n) is 34.9. The molecule has 2 aliphatic heterocycles. The van der Waals surface area contributed by atoms with E-state index in [0.29, 0.717) is 36.8 Å². The van der Waals surface area contributed by atoms with Gasteiger partial charge in [-0.1, -0.05) is 113 Å². The van der Waals surface area contributed by atoms with Gasteiger partial charge in [0, 0.05) is 82.8 Å². The Morgan fingerprint density at radius 3 is 1.77 bits per heavy atom. The molecular weight excluding hydrogens is 1360 g/mol. The molecule has 12 amide bonds. The van der Waals surface area contributed by atoms with Crippen LogP contribution < -0.4 is 16.0 Å². The summed E-state index contributed by atoms with van der Waals surface area (Å²) >= 11 is 6.18. The number of nitrogens with zero attached hydrogens (tertiary/aromatic N) is 10. The van der Waals surface area contributed by atoms with E-state index in [4.69, 9.17) is 11.6 Å². The zero-order valence-corrected chi connectivity index (χ0v) is 62.7. The number of hydrogen-bond acceptors (Lipinski definition) is 13. The molecule has 0 unspecified atom stereocenters. The average Bonchev–Trinajstić information content (AvgIpc) is 1.56. The van der Waals surface area contributed by atoms with Crippen LogP contribution in [0.15, 0.2) is 66.7 Å². The van der Waals surface area contributed by atoms with Crippen molar-refractivity contribution in [3.05, 3.63) is 105 Å². The molecule has 1 aliphatic carbocycles. The van der Waals surface area contributed by atoms with Gasteiger partial charge < -0.3 is 60.0 Å². The highest BCUT2D eigenvalue weighted by molar-refractivity contribution is 6.31. The number of rotatable bonds is 12. The lowest BCUT2D eigenvalue weighted by molar-refractivity contribution is -0.160. The summed E-state index contributed by atoms with van der Waals surface area (Å²) in [4.78, 5) is 189. The number of nitrogens with one attached hydrogen (secondary N) is 3. The van der Waals surface area contributed by atoms with E-state index in [1.807, 2.05) is 25.1 Å². The number of carbonyl (C=O) groups excluding carboxylic acids is 12. The minimum Gasteiger partial charge on any atom is -0.347 e. The van der Waals surface area contributed by atoms with Gasteiger partial charge in [0.2, 0.25) is 70.9 Å². The van der Waals surface area contributed by atoms with E-state index in [9.17, 15) is 52.0 Å². The number of carbonyl (C=O) groups is 12. The van der Waals surface area contributed by atoms with Crippen molar-refractivity contribution >= 4 is 82.5 Å². The summed E-state index contributed by atoms with van der Waals surface area (Å²) < 4.78 is 41.9. The maximum Gasteiger partial charge on any atom is 0.417 e. The Morgan fingerprint density at radius 1 is 0.670 bits per heavy atom. The number of benzene rings is 3. The smallest absolute Gasteiger partial charge is 0.347 e. The SMILES string of the molecule is CC[C@H](C)[C@@H]1NC(=O)[C@H](C)N(C)C(=O)C[C@@H](C(=O)N(C)C)N(C)C(=O)[C@H]([C@@H](C)CC)N(C)C(=O)C2(CCCC2)NC(=O)[C@H](Cc2ccc(C#N)cc2)N(C)C(=O)[C@H](CCc2ccc(C(F)(F)F)c(Cl)c2)NC(=O)CN(C)C(=O)[C@H](Cc2ccc(C)cc2)N(C)C(=O)[C@@H]2CCN2C(=O)[C@H](C)N(C)C1=O. The molecule has 562 valence electrons. The van der Waals surface area contributed by atoms with Crippen molar-refractivity contribution in [3.63, 3.8) is 0 Å². The molecule has 1 spiro atoms. The normalized spacial score (nSPS) is 24.8. The lowest BCUT2D eigenvalue weighted by Crippen LogP contribution is -2.65. The summed E-state index contributed by atoms with van der Waals surface area (Å²) in [6, 6.07) is 6.28. The number of nitriles is 1. The number of alkyl halides is 3. The molecule has 0 bridgehead atoms. The van der Waals surface area contributed by atoms with Crippen LogP contribution in [-0.4, -0.2) is 251 Å². The van der Waals surface area contributed by atoms with Crippen LogP contribution in [0.1, 0.15) is 133 Å². The van der Waals surface area contributed by atoms with Crippen LogP contribution >= 0.6 is 11.6 Å². The number of amides is 12. The Morgan fingerprint density at radius 2 is 1.23 bits per heavy atom. The second kappa shape index (κ2) is 35.4. The fraction of sp³-hybridized carbons (Fsp3) is 0.581. The van der Waals surface area contributed by atoms with Crippen molar-refractivity contribution in [1.82, 2.24) is 60.0 Å². The maximum atomic E-state index is 15.6. The summed E-state index contributed by atoms with van der Waals surface area (Å²) in [5, 5.41) is 17.6. The van der Waals surface area contributed by atoms with E-state index in [1.165, 1.54) is 120 Å². The summed E-state index contributed by atoms with van der Waals surface area (Å²) in [5.74, 6) is -10.1. The minimum atomic E-state index is -4.81. The van der Waals surface area contributed by atoms with Crippen molar-refractivity contribution < 1.29 is 70.7 Å². The molecule has 0 radical (unpaired) electrons. The standard InChI is InChI=1S/C74H101ClF3N13O12/c1-17-44(4)61-70(101)86(12)47(7)65(96)91-36-33-55(91)69(100)88(14)57(39-49-23-21-43(3)22-24-49)68(99)84(10)42-59(92)80-54(32-30-48-29-31-52(53(75)37-48)74(76,77)78)66(97)87(13)56(38-50-25-27-51(41-79)28-26-50)64(95)82-73(34-19-20-35-73)72(103)90(16)62(45(5)18-2)71(102)89(15)58(67(98)83(8)9)40-60(93)85(11)46(6)63(94)81-61/h21-29,31,37,44-47,54-58,61-62H,17-20,30,32-36,38-40,42H2,1-16H3,(H,80,92)(H,81,94)(H,82,95)/t44-,45-,46-,47-,54-,55-,56-,57-,58-,61-,62-/m0/s1. The number of aryl methyl sites for hydroxylation is 2. The summed E-state index contributed by atoms with van der Waals surface area (Å²) in [5.41, 5.74) is -0.375. The van der Waals surface area contributed by atoms with E-state index >= 15 is 24.0 Å². The van der Waals surface area contributed by atoms with Gasteiger partial charge in [0.1, 0.15) is 59.9 Å². The van der Waals surface area contributed by atoms with E-state index in [0.717, 1.165) is 37.3 Å². The third-order valence-corrected chi connectivity index (χ3v) is 21.4. The van der Waals surface area contributed by atoms with Crippen molar-refractivity contribution in [2.24, 2.45) is 11.8 Å². The second-order valence-electron chi connectivity index (χ2n) is 28.2. The molecule has 3 fully saturated rings. The van der Waals surface area contributed by atoms with Gasteiger partial charge in [0.05, 0.1) is 35.2 Å².